The molecule has 6 N–H and O–H groups in total. The summed E-state index contributed by atoms with van der Waals surface area (Å²) in [6.45, 7) is 20.1. The molecule has 0 bridgehead atoms. The molecule has 0 saturated carbocycles. The molecule has 0 aromatic heterocycles. The molecule has 3 aromatic carbocycles. The third-order valence-electron chi connectivity index (χ3n) is 21.2. The van der Waals surface area contributed by atoms with Gasteiger partial charge in [-0.3, -0.25) is 52.8 Å². The van der Waals surface area contributed by atoms with E-state index in [9.17, 15) is 70.3 Å². The number of carbonyl (C=O) groups is 11. The van der Waals surface area contributed by atoms with Crippen LogP contribution in [-0.2, 0) is 70.4 Å². The van der Waals surface area contributed by atoms with Crippen LogP contribution in [0, 0.1) is 83.5 Å². The van der Waals surface area contributed by atoms with Gasteiger partial charge in [-0.15, -0.1) is 0 Å². The fourth-order valence-corrected chi connectivity index (χ4v) is 14.9. The summed E-state index contributed by atoms with van der Waals surface area (Å²) in [4.78, 5) is 158. The number of benzene rings is 3. The maximum absolute atomic E-state index is 14.7. The van der Waals surface area contributed by atoms with Crippen LogP contribution < -0.4 is 31.7 Å². The first-order chi connectivity index (χ1) is 50.0. The number of likely N-dealkylation sites (N-methyl/N-ethyl adjacent to an activating group) is 2. The van der Waals surface area contributed by atoms with Crippen molar-refractivity contribution in [1.29, 1.82) is 0 Å². The van der Waals surface area contributed by atoms with Gasteiger partial charge < -0.3 is 55.9 Å². The lowest BCUT2D eigenvalue weighted by molar-refractivity contribution is -0.149. The van der Waals surface area contributed by atoms with E-state index in [2.05, 4.69) is 21.3 Å². The molecule has 8 amide bonds. The number of halogens is 4. The second-order valence-corrected chi connectivity index (χ2v) is 30.1. The van der Waals surface area contributed by atoms with Gasteiger partial charge >= 0.3 is 12.0 Å². The number of anilines is 1. The van der Waals surface area contributed by atoms with E-state index in [1.807, 2.05) is 90.9 Å². The molecule has 106 heavy (non-hydrogen) atoms. The third kappa shape index (κ3) is 24.4. The molecule has 5 rings (SSSR count). The van der Waals surface area contributed by atoms with Crippen LogP contribution in [0.5, 0.6) is 5.75 Å². The Labute approximate surface area is 622 Å². The first-order valence-electron chi connectivity index (χ1n) is 37.2. The molecule has 0 aliphatic carbocycles. The summed E-state index contributed by atoms with van der Waals surface area (Å²) in [5.74, 6) is -17.6. The minimum absolute atomic E-state index is 0.00125. The van der Waals surface area contributed by atoms with E-state index in [1.54, 1.807) is 68.8 Å². The highest BCUT2D eigenvalue weighted by atomic mass is 19.2. The van der Waals surface area contributed by atoms with E-state index < -0.39 is 142 Å². The number of likely N-dealkylation sites (tertiary alicyclic amines) is 2. The van der Waals surface area contributed by atoms with Crippen molar-refractivity contribution in [3.63, 3.8) is 0 Å². The average Bonchev–Trinajstić information content (AvgIpc) is 0.894. The fraction of sp³-hybridized carbons (Fsp3) is 0.633. The molecule has 2 aliphatic heterocycles. The van der Waals surface area contributed by atoms with Crippen LogP contribution in [0.3, 0.4) is 0 Å². The van der Waals surface area contributed by atoms with Crippen LogP contribution in [0.15, 0.2) is 54.6 Å². The third-order valence-corrected chi connectivity index (χ3v) is 21.2. The molecule has 0 spiro atoms. The molecule has 3 aromatic rings. The fourth-order valence-electron chi connectivity index (χ4n) is 14.9. The molecule has 588 valence electrons. The van der Waals surface area contributed by atoms with Gasteiger partial charge in [-0.1, -0.05) is 111 Å². The Hall–Kier alpha value is -8.17. The minimum Gasteiger partial charge on any atom is -0.420 e. The summed E-state index contributed by atoms with van der Waals surface area (Å²) in [6.07, 6.45) is -0.0225. The number of ketones is 3. The predicted molar refractivity (Wildman–Crippen MR) is 393 cm³/mol. The van der Waals surface area contributed by atoms with Crippen molar-refractivity contribution in [1.82, 2.24) is 35.6 Å². The van der Waals surface area contributed by atoms with E-state index in [0.717, 1.165) is 12.5 Å². The molecular formula is C79H115F4N9O14. The van der Waals surface area contributed by atoms with E-state index in [0.29, 0.717) is 37.1 Å². The van der Waals surface area contributed by atoms with Crippen LogP contribution in [0.1, 0.15) is 169 Å². The van der Waals surface area contributed by atoms with Crippen molar-refractivity contribution >= 4 is 70.5 Å². The molecule has 27 heteroatoms. The lowest BCUT2D eigenvalue weighted by Gasteiger charge is -2.41. The number of rotatable bonds is 41. The lowest BCUT2D eigenvalue weighted by atomic mass is 9.83. The standard InChI is InChI=1S/C79H115F4N9O14/c1-17-47(8)72(90(14)77(101)57(44(2)3)41-61(95)71(46(6)7)89(12)13)62(104-15)42-65(98)92-35-22-26-58(92)73(105-16)49(10)59(93)40-55(38-51-23-19-18-20-24-51)75(99)86-43-52-27-29-56(30-28-52)87-76(100)53(25-21-34-85-79(84)103)39-60(94)70(45(4)5)88-63(96)31-32-64(97)91-36-33-54(37-48(91)9)78(102)106-74-68(82)66(80)50(11)67(81)69(74)83/h18-20,23-24,27-30,44-49,53-55,57-58,62,70-73H,17,21-22,25-26,31-43H2,1-16H3,(H,86,99)(H,87,100)(H,88,96)(H3,84,85,103)/t47-,48+,49-,53+,54+,55+,57-,58-,62+,70-,71-,72-,73+/m0/s1. The van der Waals surface area contributed by atoms with Crippen LogP contribution in [0.2, 0.25) is 0 Å². The maximum Gasteiger partial charge on any atom is 0.314 e. The van der Waals surface area contributed by atoms with Crippen LogP contribution in [0.4, 0.5) is 28.0 Å². The van der Waals surface area contributed by atoms with Gasteiger partial charge in [-0.2, -0.15) is 8.78 Å². The number of nitrogens with one attached hydrogen (secondary N) is 4. The summed E-state index contributed by atoms with van der Waals surface area (Å²) < 4.78 is 74.4. The van der Waals surface area contributed by atoms with Gasteiger partial charge in [-0.05, 0) is 120 Å². The van der Waals surface area contributed by atoms with Gasteiger partial charge in [0, 0.05) is 121 Å². The molecule has 2 fully saturated rings. The normalized spacial score (nSPS) is 18.2. The van der Waals surface area contributed by atoms with Gasteiger partial charge in [0.2, 0.25) is 52.8 Å². The van der Waals surface area contributed by atoms with Gasteiger partial charge in [0.1, 0.15) is 5.78 Å². The van der Waals surface area contributed by atoms with Crippen LogP contribution in [-0.4, -0.2) is 182 Å². The van der Waals surface area contributed by atoms with E-state index >= 15 is 0 Å². The van der Waals surface area contributed by atoms with Crippen LogP contribution in [0.25, 0.3) is 0 Å². The van der Waals surface area contributed by atoms with E-state index in [1.165, 1.54) is 19.1 Å². The van der Waals surface area contributed by atoms with Crippen molar-refractivity contribution in [3.05, 3.63) is 94.6 Å². The Morgan fingerprint density at radius 3 is 1.86 bits per heavy atom. The molecule has 2 heterocycles. The number of carbonyl (C=O) groups excluding carboxylic acids is 11. The highest BCUT2D eigenvalue weighted by Gasteiger charge is 2.45. The van der Waals surface area contributed by atoms with E-state index in [4.69, 9.17) is 19.9 Å². The molecule has 13 atom stereocenters. The molecule has 23 nitrogen and oxygen atoms in total. The Kier molecular flexibility index (Phi) is 34.9. The number of amides is 8. The maximum atomic E-state index is 14.7. The van der Waals surface area contributed by atoms with Crippen molar-refractivity contribution in [2.24, 2.45) is 59.0 Å². The average molecular weight is 1490 g/mol. The Morgan fingerprint density at radius 2 is 1.30 bits per heavy atom. The summed E-state index contributed by atoms with van der Waals surface area (Å²) in [7, 11) is 8.53. The predicted octanol–water partition coefficient (Wildman–Crippen LogP) is 9.84. The number of nitrogens with two attached hydrogens (primary N) is 1. The second-order valence-electron chi connectivity index (χ2n) is 30.1. The number of primary amides is 1. The van der Waals surface area contributed by atoms with E-state index in [-0.39, 0.29) is 143 Å². The van der Waals surface area contributed by atoms with Crippen molar-refractivity contribution in [2.75, 3.05) is 60.3 Å². The molecular weight excluding hydrogens is 1370 g/mol. The summed E-state index contributed by atoms with van der Waals surface area (Å²) in [5.41, 5.74) is 6.22. The first-order valence-corrected chi connectivity index (χ1v) is 37.2. The number of Topliss-reactive ketones (excluding diaryl/α,β-unsaturated/α-hetero) is 3. The number of hydrogen-bond donors (Lipinski definition) is 5. The Morgan fingerprint density at radius 1 is 0.670 bits per heavy atom. The smallest absolute Gasteiger partial charge is 0.314 e. The van der Waals surface area contributed by atoms with Crippen LogP contribution >= 0.6 is 0 Å². The number of methoxy groups -OCH3 is 2. The Balaban J connectivity index is 1.20. The Bertz CT molecular complexity index is 3470. The number of ether oxygens (including phenoxy) is 3. The van der Waals surface area contributed by atoms with Crippen molar-refractivity contribution in [2.45, 2.75) is 215 Å². The van der Waals surface area contributed by atoms with Gasteiger partial charge in [0.25, 0.3) is 0 Å². The molecule has 0 radical (unpaired) electrons. The summed E-state index contributed by atoms with van der Waals surface area (Å²) in [6, 6.07) is 12.2. The zero-order chi connectivity index (χ0) is 79.1. The zero-order valence-corrected chi connectivity index (χ0v) is 64.8. The molecule has 2 aliphatic rings. The highest BCUT2D eigenvalue weighted by Crippen LogP contribution is 2.35. The zero-order valence-electron chi connectivity index (χ0n) is 64.8. The monoisotopic (exact) mass is 1490 g/mol. The second kappa shape index (κ2) is 41.8. The topological polar surface area (TPSA) is 303 Å². The number of hydrogen-bond acceptors (Lipinski definition) is 15. The number of urea groups is 1. The SMILES string of the molecule is CC[C@H](C)[C@@H]([C@@H](CC(=O)N1CCC[C@H]1[C@H](OC)[C@@H](C)C(=O)C[C@@H](Cc1ccccc1)C(=O)NCc1ccc(NC(=O)[C@H](CCCNC(N)=O)CC(=O)[C@@H](NC(=O)CCC(=O)N2CC[C@@H](C(=O)Oc3c(F)c(F)c(C)c(F)c3F)C[C@H]2C)C(C)C)cc1)OC)N(C)C(=O)[C@@H](CC(=O)[C@H](C(C)C)N(C)C)C(C)C. The van der Waals surface area contributed by atoms with Gasteiger partial charge in [0.05, 0.1) is 48.7 Å². The largest absolute Gasteiger partial charge is 0.420 e. The number of esters is 1. The van der Waals surface area contributed by atoms with Gasteiger partial charge in [-0.25, -0.2) is 13.6 Å². The quantitative estimate of drug-likeness (QED) is 0.0116. The highest BCUT2D eigenvalue weighted by molar-refractivity contribution is 5.98. The summed E-state index contributed by atoms with van der Waals surface area (Å²) >= 11 is 0. The van der Waals surface area contributed by atoms with Gasteiger partial charge in [0.15, 0.2) is 23.2 Å². The van der Waals surface area contributed by atoms with Crippen molar-refractivity contribution in [3.8, 4) is 5.75 Å². The lowest BCUT2D eigenvalue weighted by Crippen LogP contribution is -2.54. The first kappa shape index (κ1) is 88.5. The summed E-state index contributed by atoms with van der Waals surface area (Å²) in [5, 5.41) is 11.1. The molecule has 2 saturated heterocycles. The minimum atomic E-state index is -1.85. The molecule has 0 unspecified atom stereocenters. The van der Waals surface area contributed by atoms with Crippen molar-refractivity contribution < 1.29 is 84.5 Å². The number of nitrogens with zero attached hydrogens (tertiary/aromatic N) is 4. The number of piperidine rings is 1.